The summed E-state index contributed by atoms with van der Waals surface area (Å²) in [6, 6.07) is 11.0. The van der Waals surface area contributed by atoms with E-state index in [0.29, 0.717) is 38.1 Å². The third-order valence-corrected chi connectivity index (χ3v) is 9.43. The van der Waals surface area contributed by atoms with Crippen molar-refractivity contribution >= 4 is 91.9 Å². The highest BCUT2D eigenvalue weighted by Gasteiger charge is 2.14. The fraction of sp³-hybridized carbons (Fsp3) is 0.174. The van der Waals surface area contributed by atoms with Gasteiger partial charge >= 0.3 is 0 Å². The zero-order valence-corrected chi connectivity index (χ0v) is 23.2. The molecule has 4 aromatic rings. The molecule has 11 heteroatoms. The predicted molar refractivity (Wildman–Crippen MR) is 147 cm³/mol. The molecule has 0 spiro atoms. The molecule has 2 heterocycles. The largest absolute Gasteiger partial charge is 0.301 e. The number of carbonyl (C=O) groups excluding carboxylic acids is 1. The Morgan fingerprint density at radius 3 is 2.68 bits per heavy atom. The number of anilines is 1. The highest BCUT2D eigenvalue weighted by atomic mass is 35.5. The number of carbonyl (C=O) groups is 1. The summed E-state index contributed by atoms with van der Waals surface area (Å²) in [4.78, 5) is 23.4. The van der Waals surface area contributed by atoms with E-state index in [4.69, 9.17) is 46.4 Å². The molecule has 0 aliphatic rings. The van der Waals surface area contributed by atoms with E-state index in [-0.39, 0.29) is 11.7 Å². The molecule has 0 unspecified atom stereocenters. The van der Waals surface area contributed by atoms with Crippen molar-refractivity contribution in [2.75, 3.05) is 11.1 Å². The molecule has 4 rings (SSSR count). The maximum absolute atomic E-state index is 12.5. The van der Waals surface area contributed by atoms with Gasteiger partial charge in [-0.2, -0.15) is 0 Å². The maximum atomic E-state index is 12.5. The highest BCUT2D eigenvalue weighted by Crippen LogP contribution is 2.32. The number of nitrogens with one attached hydrogen (secondary N) is 1. The van der Waals surface area contributed by atoms with Crippen LogP contribution >= 0.6 is 80.8 Å². The van der Waals surface area contributed by atoms with E-state index in [1.165, 1.54) is 23.1 Å². The van der Waals surface area contributed by atoms with Gasteiger partial charge in [-0.3, -0.25) is 4.79 Å². The third kappa shape index (κ3) is 6.66. The molecule has 0 saturated carbocycles. The molecule has 1 N–H and O–H groups in total. The molecule has 1 amide bonds. The van der Waals surface area contributed by atoms with Crippen molar-refractivity contribution in [1.29, 1.82) is 0 Å². The first-order chi connectivity index (χ1) is 16.3. The van der Waals surface area contributed by atoms with Crippen molar-refractivity contribution in [3.63, 3.8) is 0 Å². The number of hydrogen-bond donors (Lipinski definition) is 1. The Labute approximate surface area is 229 Å². The monoisotopic (exact) mass is 587 g/mol. The number of halogens is 4. The van der Waals surface area contributed by atoms with Crippen LogP contribution in [0.15, 0.2) is 46.9 Å². The second kappa shape index (κ2) is 11.6. The molecule has 0 radical (unpaired) electrons. The van der Waals surface area contributed by atoms with Crippen molar-refractivity contribution in [3.05, 3.63) is 89.3 Å². The van der Waals surface area contributed by atoms with E-state index in [1.807, 2.05) is 25.1 Å². The van der Waals surface area contributed by atoms with Gasteiger partial charge in [0.15, 0.2) is 9.47 Å². The van der Waals surface area contributed by atoms with E-state index < -0.39 is 0 Å². The zero-order chi connectivity index (χ0) is 24.2. The third-order valence-electron chi connectivity index (χ3n) is 4.75. The van der Waals surface area contributed by atoms with Crippen LogP contribution in [0.25, 0.3) is 0 Å². The molecule has 34 heavy (non-hydrogen) atoms. The van der Waals surface area contributed by atoms with Crippen LogP contribution in [0.2, 0.25) is 20.1 Å². The fourth-order valence-corrected chi connectivity index (χ4v) is 6.76. The quantitative estimate of drug-likeness (QED) is 0.210. The Kier molecular flexibility index (Phi) is 8.80. The van der Waals surface area contributed by atoms with Gasteiger partial charge in [0.1, 0.15) is 0 Å². The minimum absolute atomic E-state index is 0.140. The topological polar surface area (TPSA) is 54.9 Å². The molecule has 0 aliphatic carbocycles. The normalized spacial score (nSPS) is 11.1. The van der Waals surface area contributed by atoms with Crippen molar-refractivity contribution in [2.45, 2.75) is 24.1 Å². The van der Waals surface area contributed by atoms with Crippen LogP contribution in [0, 0.1) is 6.92 Å². The Hall–Kier alpha value is -1.32. The molecule has 0 atom stereocenters. The number of rotatable bonds is 8. The lowest BCUT2D eigenvalue weighted by Gasteiger charge is -2.03. The standard InChI is InChI=1S/C23H17Cl4N3OS3/c1-12-19(9-14-7-15(24)5-6-17(14)25)34-23(29-12)32-11-20(31)30-22-28-10-16(33-22)8-13-3-2-4-18(26)21(13)27/h2-7,10H,8-9,11H2,1H3,(H,28,30,31). The molecule has 2 aromatic heterocycles. The van der Waals surface area contributed by atoms with Gasteiger partial charge in [0.25, 0.3) is 0 Å². The number of hydrogen-bond acceptors (Lipinski definition) is 6. The first-order valence-corrected chi connectivity index (χ1v) is 14.1. The second-order valence-electron chi connectivity index (χ2n) is 7.26. The van der Waals surface area contributed by atoms with Gasteiger partial charge in [0.2, 0.25) is 5.91 Å². The summed E-state index contributed by atoms with van der Waals surface area (Å²) in [6.45, 7) is 1.96. The SMILES string of the molecule is Cc1nc(SCC(=O)Nc2ncc(Cc3cccc(Cl)c3Cl)s2)sc1Cc1cc(Cl)ccc1Cl. The van der Waals surface area contributed by atoms with E-state index in [0.717, 1.165) is 30.9 Å². The summed E-state index contributed by atoms with van der Waals surface area (Å²) < 4.78 is 0.830. The van der Waals surface area contributed by atoms with Crippen molar-refractivity contribution < 1.29 is 4.79 Å². The Morgan fingerprint density at radius 2 is 1.85 bits per heavy atom. The van der Waals surface area contributed by atoms with Gasteiger partial charge < -0.3 is 5.32 Å². The molecule has 0 aliphatic heterocycles. The molecule has 2 aromatic carbocycles. The van der Waals surface area contributed by atoms with E-state index in [9.17, 15) is 4.79 Å². The molecule has 0 bridgehead atoms. The van der Waals surface area contributed by atoms with Crippen molar-refractivity contribution in [3.8, 4) is 0 Å². The number of aromatic nitrogens is 2. The van der Waals surface area contributed by atoms with Crippen LogP contribution in [0.4, 0.5) is 5.13 Å². The van der Waals surface area contributed by atoms with Crippen LogP contribution in [0.1, 0.15) is 26.6 Å². The van der Waals surface area contributed by atoms with Gasteiger partial charge in [-0.1, -0.05) is 70.3 Å². The van der Waals surface area contributed by atoms with Gasteiger partial charge in [-0.15, -0.1) is 22.7 Å². The molecular weight excluding hydrogens is 572 g/mol. The van der Waals surface area contributed by atoms with Crippen molar-refractivity contribution in [1.82, 2.24) is 9.97 Å². The molecule has 0 saturated heterocycles. The average Bonchev–Trinajstić information content (AvgIpc) is 3.38. The Balaban J connectivity index is 1.32. The lowest BCUT2D eigenvalue weighted by atomic mass is 10.1. The second-order valence-corrected chi connectivity index (χ2v) is 12.3. The molecule has 4 nitrogen and oxygen atoms in total. The number of benzene rings is 2. The predicted octanol–water partition coefficient (Wildman–Crippen LogP) is 8.43. The summed E-state index contributed by atoms with van der Waals surface area (Å²) in [5, 5.41) is 5.78. The smallest absolute Gasteiger partial charge is 0.236 e. The van der Waals surface area contributed by atoms with Crippen LogP contribution < -0.4 is 5.32 Å². The van der Waals surface area contributed by atoms with Gasteiger partial charge in [0, 0.05) is 38.8 Å². The summed E-state index contributed by atoms with van der Waals surface area (Å²) in [6.07, 6.45) is 2.98. The lowest BCUT2D eigenvalue weighted by molar-refractivity contribution is -0.113. The molecule has 0 fully saturated rings. The van der Waals surface area contributed by atoms with Crippen LogP contribution in [0.5, 0.6) is 0 Å². The first kappa shape index (κ1) is 25.8. The molecule has 176 valence electrons. The summed E-state index contributed by atoms with van der Waals surface area (Å²) in [5.41, 5.74) is 2.79. The van der Waals surface area contributed by atoms with Gasteiger partial charge in [-0.25, -0.2) is 9.97 Å². The van der Waals surface area contributed by atoms with Gasteiger partial charge in [-0.05, 0) is 42.3 Å². The van der Waals surface area contributed by atoms with Crippen LogP contribution in [0.3, 0.4) is 0 Å². The van der Waals surface area contributed by atoms with Crippen molar-refractivity contribution in [2.24, 2.45) is 0 Å². The van der Waals surface area contributed by atoms with E-state index in [1.54, 1.807) is 35.7 Å². The van der Waals surface area contributed by atoms with Crippen LogP contribution in [-0.2, 0) is 17.6 Å². The number of amides is 1. The number of thioether (sulfide) groups is 1. The zero-order valence-electron chi connectivity index (χ0n) is 17.7. The lowest BCUT2D eigenvalue weighted by Crippen LogP contribution is -2.13. The average molecular weight is 589 g/mol. The number of nitrogens with zero attached hydrogens (tertiary/aromatic N) is 2. The summed E-state index contributed by atoms with van der Waals surface area (Å²) >= 11 is 29.1. The number of aryl methyl sites for hydroxylation is 1. The summed E-state index contributed by atoms with van der Waals surface area (Å²) in [5.74, 6) is 0.0956. The minimum atomic E-state index is -0.140. The van der Waals surface area contributed by atoms with Crippen LogP contribution in [-0.4, -0.2) is 21.6 Å². The van der Waals surface area contributed by atoms with E-state index >= 15 is 0 Å². The Bertz CT molecular complexity index is 1340. The van der Waals surface area contributed by atoms with Gasteiger partial charge in [0.05, 0.1) is 21.5 Å². The Morgan fingerprint density at radius 1 is 1.03 bits per heavy atom. The van der Waals surface area contributed by atoms with E-state index in [2.05, 4.69) is 15.3 Å². The minimum Gasteiger partial charge on any atom is -0.301 e. The number of thiazole rings is 2. The fourth-order valence-electron chi connectivity index (χ4n) is 3.08. The highest BCUT2D eigenvalue weighted by molar-refractivity contribution is 8.01. The first-order valence-electron chi connectivity index (χ1n) is 9.99. The molecular formula is C23H17Cl4N3OS3. The maximum Gasteiger partial charge on any atom is 0.236 e. The summed E-state index contributed by atoms with van der Waals surface area (Å²) in [7, 11) is 0.